The summed E-state index contributed by atoms with van der Waals surface area (Å²) < 4.78 is 0. The van der Waals surface area contributed by atoms with Gasteiger partial charge in [0.1, 0.15) is 0 Å². The molecule has 1 nitrogen and oxygen atoms in total. The smallest absolute Gasteiger partial charge is 0.00693 e. The van der Waals surface area contributed by atoms with E-state index in [0.29, 0.717) is 0 Å². The molecule has 0 aromatic carbocycles. The summed E-state index contributed by atoms with van der Waals surface area (Å²) in [4.78, 5) is 2.62. The predicted octanol–water partition coefficient (Wildman–Crippen LogP) is 3.54. The summed E-state index contributed by atoms with van der Waals surface area (Å²) in [7, 11) is 0. The molecule has 0 aliphatic rings. The van der Waals surface area contributed by atoms with Gasteiger partial charge < -0.3 is 4.90 Å². The van der Waals surface area contributed by atoms with Crippen LogP contribution in [0.4, 0.5) is 0 Å². The summed E-state index contributed by atoms with van der Waals surface area (Å²) in [6.45, 7) is 14.1. The summed E-state index contributed by atoms with van der Waals surface area (Å²) in [6, 6.07) is 0.764. The normalized spacial score (nSPS) is 14.1. The Labute approximate surface area is 84.5 Å². The van der Waals surface area contributed by atoms with E-state index in [9.17, 15) is 0 Å². The van der Waals surface area contributed by atoms with Gasteiger partial charge in [0.2, 0.25) is 0 Å². The van der Waals surface area contributed by atoms with Gasteiger partial charge >= 0.3 is 0 Å². The molecule has 0 spiro atoms. The van der Waals surface area contributed by atoms with Crippen LogP contribution in [0.1, 0.15) is 53.9 Å². The van der Waals surface area contributed by atoms with Crippen molar-refractivity contribution in [2.75, 3.05) is 13.1 Å². The zero-order valence-corrected chi connectivity index (χ0v) is 10.1. The van der Waals surface area contributed by atoms with Crippen LogP contribution in [0.15, 0.2) is 0 Å². The molecule has 0 unspecified atom stereocenters. The molecule has 0 rings (SSSR count). The summed E-state index contributed by atoms with van der Waals surface area (Å²) in [5.41, 5.74) is 0. The molecule has 0 aromatic heterocycles. The maximum Gasteiger partial charge on any atom is 0.00693 e. The molecule has 80 valence electrons. The second-order valence-electron chi connectivity index (χ2n) is 4.51. The molecule has 0 fully saturated rings. The van der Waals surface area contributed by atoms with E-state index in [2.05, 4.69) is 39.5 Å². The highest BCUT2D eigenvalue weighted by atomic mass is 15.1. The molecule has 0 radical (unpaired) electrons. The monoisotopic (exact) mass is 185 g/mol. The van der Waals surface area contributed by atoms with E-state index >= 15 is 0 Å². The van der Waals surface area contributed by atoms with Crippen LogP contribution in [0, 0.1) is 5.92 Å². The van der Waals surface area contributed by atoms with Crippen LogP contribution in [0.3, 0.4) is 0 Å². The molecule has 0 N–H and O–H groups in total. The second kappa shape index (κ2) is 7.37. The van der Waals surface area contributed by atoms with Crippen LogP contribution in [0.2, 0.25) is 0 Å². The van der Waals surface area contributed by atoms with E-state index in [1.165, 1.54) is 32.4 Å². The lowest BCUT2D eigenvalue weighted by molar-refractivity contribution is 0.186. The molecular formula is C12H27N. The van der Waals surface area contributed by atoms with Crippen LogP contribution >= 0.6 is 0 Å². The van der Waals surface area contributed by atoms with Gasteiger partial charge in [0.05, 0.1) is 0 Å². The van der Waals surface area contributed by atoms with Gasteiger partial charge in [-0.05, 0) is 45.2 Å². The third-order valence-electron chi connectivity index (χ3n) is 2.46. The largest absolute Gasteiger partial charge is 0.301 e. The molecule has 0 amide bonds. The van der Waals surface area contributed by atoms with E-state index < -0.39 is 0 Å². The first-order valence-electron chi connectivity index (χ1n) is 5.85. The molecule has 0 aliphatic carbocycles. The van der Waals surface area contributed by atoms with Gasteiger partial charge in [0.15, 0.2) is 0 Å². The third kappa shape index (κ3) is 6.09. The molecule has 0 aliphatic heterocycles. The summed E-state index contributed by atoms with van der Waals surface area (Å²) in [5.74, 6) is 0.825. The summed E-state index contributed by atoms with van der Waals surface area (Å²) >= 11 is 0. The molecule has 0 saturated carbocycles. The number of hydrogen-bond acceptors (Lipinski definition) is 1. The summed E-state index contributed by atoms with van der Waals surface area (Å²) in [6.07, 6.45) is 3.89. The Morgan fingerprint density at radius 1 is 0.923 bits per heavy atom. The van der Waals surface area contributed by atoms with E-state index in [0.717, 1.165) is 12.0 Å². The maximum atomic E-state index is 2.62. The molecule has 0 bridgehead atoms. The highest BCUT2D eigenvalue weighted by Gasteiger charge is 2.12. The minimum Gasteiger partial charge on any atom is -0.301 e. The lowest BCUT2D eigenvalue weighted by atomic mass is 10.0. The van der Waals surface area contributed by atoms with Crippen molar-refractivity contribution < 1.29 is 0 Å². The fourth-order valence-corrected chi connectivity index (χ4v) is 1.96. The maximum absolute atomic E-state index is 2.62. The number of nitrogens with zero attached hydrogens (tertiary/aromatic N) is 1. The number of rotatable bonds is 7. The van der Waals surface area contributed by atoms with E-state index in [1.54, 1.807) is 0 Å². The highest BCUT2D eigenvalue weighted by molar-refractivity contribution is 4.67. The van der Waals surface area contributed by atoms with Crippen molar-refractivity contribution >= 4 is 0 Å². The fourth-order valence-electron chi connectivity index (χ4n) is 1.96. The lowest BCUT2D eigenvalue weighted by Gasteiger charge is -2.29. The third-order valence-corrected chi connectivity index (χ3v) is 2.46. The Morgan fingerprint density at radius 3 is 1.69 bits per heavy atom. The van der Waals surface area contributed by atoms with Gasteiger partial charge in [-0.1, -0.05) is 27.7 Å². The lowest BCUT2D eigenvalue weighted by Crippen LogP contribution is -2.35. The first-order chi connectivity index (χ1) is 6.11. The van der Waals surface area contributed by atoms with Gasteiger partial charge in [-0.3, -0.25) is 0 Å². The Kier molecular flexibility index (Phi) is 7.35. The van der Waals surface area contributed by atoms with E-state index in [4.69, 9.17) is 0 Å². The zero-order valence-electron chi connectivity index (χ0n) is 10.1. The van der Waals surface area contributed by atoms with Gasteiger partial charge in [-0.25, -0.2) is 0 Å². The molecule has 0 heterocycles. The SMILES string of the molecule is CCCN(CCC)[C@H](C)CC(C)C. The first-order valence-corrected chi connectivity index (χ1v) is 5.85. The minimum absolute atomic E-state index is 0.764. The molecular weight excluding hydrogens is 158 g/mol. The molecule has 0 aromatic rings. The van der Waals surface area contributed by atoms with Crippen LogP contribution in [0.5, 0.6) is 0 Å². The van der Waals surface area contributed by atoms with Gasteiger partial charge in [0.25, 0.3) is 0 Å². The molecule has 1 heteroatoms. The van der Waals surface area contributed by atoms with Crippen molar-refractivity contribution in [1.82, 2.24) is 4.90 Å². The van der Waals surface area contributed by atoms with Crippen LogP contribution < -0.4 is 0 Å². The number of hydrogen-bond donors (Lipinski definition) is 0. The highest BCUT2D eigenvalue weighted by Crippen LogP contribution is 2.11. The van der Waals surface area contributed by atoms with Gasteiger partial charge in [-0.15, -0.1) is 0 Å². The van der Waals surface area contributed by atoms with Crippen LogP contribution in [-0.4, -0.2) is 24.0 Å². The summed E-state index contributed by atoms with van der Waals surface area (Å²) in [5, 5.41) is 0. The Bertz CT molecular complexity index is 104. The molecule has 0 saturated heterocycles. The van der Waals surface area contributed by atoms with Crippen LogP contribution in [-0.2, 0) is 0 Å². The predicted molar refractivity (Wildman–Crippen MR) is 61.1 cm³/mol. The van der Waals surface area contributed by atoms with Crippen molar-refractivity contribution in [2.24, 2.45) is 5.92 Å². The van der Waals surface area contributed by atoms with Crippen molar-refractivity contribution in [3.63, 3.8) is 0 Å². The topological polar surface area (TPSA) is 3.24 Å². The fraction of sp³-hybridized carbons (Fsp3) is 1.00. The van der Waals surface area contributed by atoms with Gasteiger partial charge in [0, 0.05) is 6.04 Å². The second-order valence-corrected chi connectivity index (χ2v) is 4.51. The van der Waals surface area contributed by atoms with Gasteiger partial charge in [-0.2, -0.15) is 0 Å². The van der Waals surface area contributed by atoms with Crippen molar-refractivity contribution in [1.29, 1.82) is 0 Å². The average molecular weight is 185 g/mol. The quantitative estimate of drug-likeness (QED) is 0.586. The average Bonchev–Trinajstić information content (AvgIpc) is 2.02. The Morgan fingerprint density at radius 2 is 1.38 bits per heavy atom. The van der Waals surface area contributed by atoms with E-state index in [1.807, 2.05) is 0 Å². The Balaban J connectivity index is 3.86. The van der Waals surface area contributed by atoms with Crippen LogP contribution in [0.25, 0.3) is 0 Å². The van der Waals surface area contributed by atoms with Crippen molar-refractivity contribution in [3.8, 4) is 0 Å². The zero-order chi connectivity index (χ0) is 10.3. The molecule has 13 heavy (non-hydrogen) atoms. The van der Waals surface area contributed by atoms with Crippen molar-refractivity contribution in [3.05, 3.63) is 0 Å². The van der Waals surface area contributed by atoms with E-state index in [-0.39, 0.29) is 0 Å². The van der Waals surface area contributed by atoms with Crippen molar-refractivity contribution in [2.45, 2.75) is 59.9 Å². The first kappa shape index (κ1) is 13.0. The standard InChI is InChI=1S/C12H27N/c1-6-8-13(9-7-2)12(5)10-11(3)4/h11-12H,6-10H2,1-5H3/t12-/m1/s1. The minimum atomic E-state index is 0.764. The molecule has 1 atom stereocenters. The Hall–Kier alpha value is -0.0400.